The molecule has 0 bridgehead atoms. The van der Waals surface area contributed by atoms with E-state index in [-0.39, 0.29) is 45.9 Å². The molecule has 3 atom stereocenters. The predicted octanol–water partition coefficient (Wildman–Crippen LogP) is 10.7. The average Bonchev–Trinajstić information content (AvgIpc) is 3.80. The Hall–Kier alpha value is -7.14. The third-order valence-electron chi connectivity index (χ3n) is 10.5. The van der Waals surface area contributed by atoms with Gasteiger partial charge in [0.2, 0.25) is 5.91 Å². The van der Waals surface area contributed by atoms with Crippen LogP contribution in [-0.2, 0) is 53.1 Å². The lowest BCUT2D eigenvalue weighted by Gasteiger charge is -2.34. The quantitative estimate of drug-likeness (QED) is 0.0480. The Labute approximate surface area is 368 Å². The zero-order chi connectivity index (χ0) is 44.4. The number of ether oxygens (including phenoxy) is 5. The first-order valence-electron chi connectivity index (χ1n) is 21.0. The van der Waals surface area contributed by atoms with E-state index in [9.17, 15) is 19.2 Å². The second-order valence-corrected chi connectivity index (χ2v) is 16.2. The van der Waals surface area contributed by atoms with Crippen LogP contribution in [0, 0.1) is 11.3 Å². The van der Waals surface area contributed by atoms with Gasteiger partial charge in [-0.2, -0.15) is 0 Å². The molecule has 6 aromatic rings. The Morgan fingerprint density at radius 3 is 1.52 bits per heavy atom. The SMILES string of the molecule is CC(C)(C)C(COC(=O)OCc1ccccc1)NC(=O)C(C(CCCOC(=O)OCc1ccccc1)C(=O)OCc1ccccc1)n1ccc(-c2ccc(-c3ccccc3)cc2)c1. The van der Waals surface area contributed by atoms with Crippen LogP contribution in [0.1, 0.15) is 56.3 Å². The minimum Gasteiger partial charge on any atom is -0.461 e. The number of amides is 1. The number of carbonyl (C=O) groups excluding carboxylic acids is 4. The highest BCUT2D eigenvalue weighted by Gasteiger charge is 2.39. The Kier molecular flexibility index (Phi) is 16.3. The molecule has 63 heavy (non-hydrogen) atoms. The molecule has 0 saturated heterocycles. The molecule has 0 spiro atoms. The van der Waals surface area contributed by atoms with Crippen LogP contribution in [0.25, 0.3) is 22.3 Å². The summed E-state index contributed by atoms with van der Waals surface area (Å²) in [6, 6.07) is 46.0. The molecule has 0 fully saturated rings. The summed E-state index contributed by atoms with van der Waals surface area (Å²) in [7, 11) is 0. The molecule has 11 heteroatoms. The minimum absolute atomic E-state index is 0.0128. The van der Waals surface area contributed by atoms with Crippen LogP contribution in [0.15, 0.2) is 164 Å². The van der Waals surface area contributed by atoms with Gasteiger partial charge in [-0.05, 0) is 63.3 Å². The van der Waals surface area contributed by atoms with Crippen LogP contribution >= 0.6 is 0 Å². The number of benzene rings is 5. The van der Waals surface area contributed by atoms with Gasteiger partial charge < -0.3 is 33.6 Å². The van der Waals surface area contributed by atoms with Crippen LogP contribution < -0.4 is 5.32 Å². The smallest absolute Gasteiger partial charge is 0.461 e. The van der Waals surface area contributed by atoms with Gasteiger partial charge in [-0.15, -0.1) is 0 Å². The van der Waals surface area contributed by atoms with Crippen LogP contribution in [0.5, 0.6) is 0 Å². The lowest BCUT2D eigenvalue weighted by Crippen LogP contribution is -2.51. The van der Waals surface area contributed by atoms with Crippen molar-refractivity contribution in [3.8, 4) is 22.3 Å². The molecule has 1 heterocycles. The van der Waals surface area contributed by atoms with Crippen molar-refractivity contribution < 1.29 is 42.9 Å². The fraction of sp³-hybridized carbons (Fsp3) is 0.269. The summed E-state index contributed by atoms with van der Waals surface area (Å²) in [5.41, 5.74) is 5.68. The molecule has 326 valence electrons. The Morgan fingerprint density at radius 2 is 1.00 bits per heavy atom. The highest BCUT2D eigenvalue weighted by molar-refractivity contribution is 5.87. The van der Waals surface area contributed by atoms with E-state index >= 15 is 0 Å². The first kappa shape index (κ1) is 45.4. The molecule has 1 N–H and O–H groups in total. The van der Waals surface area contributed by atoms with Crippen LogP contribution in [0.2, 0.25) is 0 Å². The van der Waals surface area contributed by atoms with Gasteiger partial charge in [-0.25, -0.2) is 9.59 Å². The van der Waals surface area contributed by atoms with Gasteiger partial charge in [-0.3, -0.25) is 9.59 Å². The van der Waals surface area contributed by atoms with E-state index in [4.69, 9.17) is 23.7 Å². The lowest BCUT2D eigenvalue weighted by molar-refractivity contribution is -0.154. The molecule has 0 saturated carbocycles. The van der Waals surface area contributed by atoms with E-state index in [0.29, 0.717) is 0 Å². The monoisotopic (exact) mass is 850 g/mol. The maximum atomic E-state index is 14.9. The molecule has 11 nitrogen and oxygen atoms in total. The zero-order valence-electron chi connectivity index (χ0n) is 35.9. The summed E-state index contributed by atoms with van der Waals surface area (Å²) < 4.78 is 29.2. The van der Waals surface area contributed by atoms with Crippen molar-refractivity contribution in [3.05, 3.63) is 181 Å². The van der Waals surface area contributed by atoms with Gasteiger partial charge in [0.05, 0.1) is 18.6 Å². The van der Waals surface area contributed by atoms with Gasteiger partial charge in [0.15, 0.2) is 0 Å². The molecule has 0 aliphatic rings. The van der Waals surface area contributed by atoms with E-state index < -0.39 is 47.6 Å². The van der Waals surface area contributed by atoms with Crippen molar-refractivity contribution in [1.82, 2.24) is 9.88 Å². The average molecular weight is 851 g/mol. The van der Waals surface area contributed by atoms with Crippen molar-refractivity contribution in [2.24, 2.45) is 11.3 Å². The third-order valence-corrected chi connectivity index (χ3v) is 10.5. The zero-order valence-corrected chi connectivity index (χ0v) is 35.9. The number of rotatable bonds is 19. The van der Waals surface area contributed by atoms with E-state index in [1.54, 1.807) is 10.8 Å². The van der Waals surface area contributed by atoms with Gasteiger partial charge in [0, 0.05) is 12.4 Å². The van der Waals surface area contributed by atoms with E-state index in [2.05, 4.69) is 5.32 Å². The fourth-order valence-electron chi connectivity index (χ4n) is 6.90. The molecule has 3 unspecified atom stereocenters. The van der Waals surface area contributed by atoms with Crippen molar-refractivity contribution in [1.29, 1.82) is 0 Å². The number of esters is 1. The molecule has 0 radical (unpaired) electrons. The summed E-state index contributed by atoms with van der Waals surface area (Å²) in [6.45, 7) is 5.54. The number of hydrogen-bond donors (Lipinski definition) is 1. The number of hydrogen-bond acceptors (Lipinski definition) is 9. The Morgan fingerprint density at radius 1 is 0.540 bits per heavy atom. The lowest BCUT2D eigenvalue weighted by atomic mass is 9.86. The van der Waals surface area contributed by atoms with Gasteiger partial charge in [0.25, 0.3) is 0 Å². The number of aromatic nitrogens is 1. The van der Waals surface area contributed by atoms with Crippen molar-refractivity contribution >= 4 is 24.2 Å². The summed E-state index contributed by atoms with van der Waals surface area (Å²) in [5, 5.41) is 3.10. The van der Waals surface area contributed by atoms with Gasteiger partial charge in [-0.1, -0.05) is 166 Å². The highest BCUT2D eigenvalue weighted by atomic mass is 16.7. The normalized spacial score (nSPS) is 12.6. The molecule has 5 aromatic carbocycles. The molecule has 0 aliphatic carbocycles. The summed E-state index contributed by atoms with van der Waals surface area (Å²) in [6.07, 6.45) is 2.20. The van der Waals surface area contributed by atoms with Crippen LogP contribution in [-0.4, -0.2) is 48.0 Å². The van der Waals surface area contributed by atoms with Gasteiger partial charge in [0.1, 0.15) is 32.5 Å². The standard InChI is InChI=1S/C52H54N2O9/c1-52(2,3)46(37-63-51(58)62-36-40-21-12-6-13-22-40)53-48(55)47(54-31-30-44(33-54)43-28-26-42(27-29-43)41-23-14-7-15-24-41)45(49(56)60-34-38-17-8-4-9-18-38)25-16-32-59-50(57)61-35-39-19-10-5-11-20-39/h4-15,17-24,26-31,33,45-47H,16,25,32,34-37H2,1-3H3,(H,53,55). The summed E-state index contributed by atoms with van der Waals surface area (Å²) in [5.74, 6) is -2.15. The first-order chi connectivity index (χ1) is 30.5. The molecule has 1 amide bonds. The molecular formula is C52H54N2O9. The molecule has 1 aromatic heterocycles. The third kappa shape index (κ3) is 13.9. The largest absolute Gasteiger partial charge is 0.508 e. The minimum atomic E-state index is -1.13. The second-order valence-electron chi connectivity index (χ2n) is 16.2. The van der Waals surface area contributed by atoms with Crippen LogP contribution in [0.4, 0.5) is 9.59 Å². The maximum Gasteiger partial charge on any atom is 0.508 e. The molecular weight excluding hydrogens is 797 g/mol. The topological polar surface area (TPSA) is 131 Å². The van der Waals surface area contributed by atoms with Crippen LogP contribution in [0.3, 0.4) is 0 Å². The van der Waals surface area contributed by atoms with Crippen molar-refractivity contribution in [2.45, 2.75) is 65.5 Å². The fourth-order valence-corrected chi connectivity index (χ4v) is 6.90. The highest BCUT2D eigenvalue weighted by Crippen LogP contribution is 2.32. The van der Waals surface area contributed by atoms with Gasteiger partial charge >= 0.3 is 18.3 Å². The van der Waals surface area contributed by atoms with E-state index in [1.807, 2.05) is 179 Å². The van der Waals surface area contributed by atoms with E-state index in [0.717, 1.165) is 38.9 Å². The van der Waals surface area contributed by atoms with Crippen molar-refractivity contribution in [3.63, 3.8) is 0 Å². The molecule has 6 rings (SSSR count). The number of carbonyl (C=O) groups is 4. The first-order valence-corrected chi connectivity index (χ1v) is 21.0. The number of nitrogens with one attached hydrogen (secondary N) is 1. The number of nitrogens with zero attached hydrogens (tertiary/aromatic N) is 1. The summed E-state index contributed by atoms with van der Waals surface area (Å²) in [4.78, 5) is 54.5. The second kappa shape index (κ2) is 22.6. The predicted molar refractivity (Wildman–Crippen MR) is 240 cm³/mol. The van der Waals surface area contributed by atoms with Crippen molar-refractivity contribution in [2.75, 3.05) is 13.2 Å². The maximum absolute atomic E-state index is 14.9. The Balaban J connectivity index is 1.24. The van der Waals surface area contributed by atoms with E-state index in [1.165, 1.54) is 0 Å². The summed E-state index contributed by atoms with van der Waals surface area (Å²) >= 11 is 0. The Bertz CT molecular complexity index is 2340. The molecule has 0 aliphatic heterocycles.